The molecule has 0 aromatic heterocycles. The fourth-order valence-corrected chi connectivity index (χ4v) is 1.03. The van der Waals surface area contributed by atoms with Gasteiger partial charge >= 0.3 is 0 Å². The fraction of sp³-hybridized carbons (Fsp3) is 0.333. The molecule has 3 nitrogen and oxygen atoms in total. The molecule has 0 amide bonds. The summed E-state index contributed by atoms with van der Waals surface area (Å²) in [5, 5.41) is 2.68. The lowest BCUT2D eigenvalue weighted by molar-refractivity contribution is 0.414. The summed E-state index contributed by atoms with van der Waals surface area (Å²) in [7, 11) is 0. The van der Waals surface area contributed by atoms with E-state index >= 15 is 0 Å². The number of nitroso groups, excluding NO2 is 1. The van der Waals surface area contributed by atoms with Gasteiger partial charge in [0.05, 0.1) is 10.8 Å². The van der Waals surface area contributed by atoms with E-state index in [1.165, 1.54) is 0 Å². The zero-order valence-corrected chi connectivity index (χ0v) is 7.24. The van der Waals surface area contributed by atoms with Gasteiger partial charge in [-0.1, -0.05) is 30.3 Å². The highest BCUT2D eigenvalue weighted by atomic mass is 16.3. The fourth-order valence-electron chi connectivity index (χ4n) is 1.03. The van der Waals surface area contributed by atoms with E-state index in [9.17, 15) is 4.91 Å². The standard InChI is InChI=1S/C9H12N2O/c1-9(2,10-11-12)8-6-4-3-5-7-8/h3-7H,1-2H3,(H,10,12). The van der Waals surface area contributed by atoms with Crippen molar-refractivity contribution in [2.75, 3.05) is 0 Å². The molecule has 3 heteroatoms. The minimum Gasteiger partial charge on any atom is -0.264 e. The SMILES string of the molecule is CC(C)(NN=O)c1ccccc1. The molecule has 0 aliphatic carbocycles. The van der Waals surface area contributed by atoms with E-state index in [4.69, 9.17) is 0 Å². The van der Waals surface area contributed by atoms with Crippen molar-refractivity contribution < 1.29 is 0 Å². The number of nitrogens with one attached hydrogen (secondary N) is 1. The average molecular weight is 164 g/mol. The summed E-state index contributed by atoms with van der Waals surface area (Å²) in [5.74, 6) is 0. The van der Waals surface area contributed by atoms with Gasteiger partial charge in [0.1, 0.15) is 0 Å². The average Bonchev–Trinajstić information content (AvgIpc) is 2.06. The van der Waals surface area contributed by atoms with Gasteiger partial charge in [-0.2, -0.15) is 0 Å². The highest BCUT2D eigenvalue weighted by molar-refractivity contribution is 5.22. The Morgan fingerprint density at radius 1 is 1.25 bits per heavy atom. The molecule has 12 heavy (non-hydrogen) atoms. The lowest BCUT2D eigenvalue weighted by atomic mass is 9.95. The molecule has 0 aliphatic rings. The van der Waals surface area contributed by atoms with E-state index < -0.39 is 0 Å². The second-order valence-corrected chi connectivity index (χ2v) is 3.19. The third-order valence-electron chi connectivity index (χ3n) is 1.82. The molecule has 1 rings (SSSR count). The number of hydrogen-bond donors (Lipinski definition) is 1. The first-order chi connectivity index (χ1) is 5.67. The molecule has 0 bridgehead atoms. The molecule has 0 saturated carbocycles. The highest BCUT2D eigenvalue weighted by Crippen LogP contribution is 2.18. The normalized spacial score (nSPS) is 10.8. The zero-order valence-electron chi connectivity index (χ0n) is 7.24. The monoisotopic (exact) mass is 164 g/mol. The van der Waals surface area contributed by atoms with Crippen LogP contribution in [0.3, 0.4) is 0 Å². The van der Waals surface area contributed by atoms with Crippen molar-refractivity contribution in [2.45, 2.75) is 19.4 Å². The van der Waals surface area contributed by atoms with Gasteiger partial charge in [0.15, 0.2) is 0 Å². The molecule has 1 aromatic carbocycles. The smallest absolute Gasteiger partial charge is 0.0772 e. The van der Waals surface area contributed by atoms with Crippen molar-refractivity contribution in [1.29, 1.82) is 0 Å². The molecule has 0 unspecified atom stereocenters. The summed E-state index contributed by atoms with van der Waals surface area (Å²) in [5.41, 5.74) is 3.17. The number of benzene rings is 1. The van der Waals surface area contributed by atoms with Gasteiger partial charge in [-0.25, -0.2) is 0 Å². The first-order valence-corrected chi connectivity index (χ1v) is 3.82. The summed E-state index contributed by atoms with van der Waals surface area (Å²) in [6, 6.07) is 9.72. The first-order valence-electron chi connectivity index (χ1n) is 3.82. The molecule has 0 atom stereocenters. The van der Waals surface area contributed by atoms with Crippen LogP contribution in [-0.4, -0.2) is 0 Å². The van der Waals surface area contributed by atoms with Crippen molar-refractivity contribution >= 4 is 0 Å². The Morgan fingerprint density at radius 2 is 1.83 bits per heavy atom. The predicted molar refractivity (Wildman–Crippen MR) is 48.4 cm³/mol. The summed E-state index contributed by atoms with van der Waals surface area (Å²) in [6.45, 7) is 3.81. The van der Waals surface area contributed by atoms with Gasteiger partial charge < -0.3 is 0 Å². The van der Waals surface area contributed by atoms with E-state index in [-0.39, 0.29) is 5.54 Å². The van der Waals surface area contributed by atoms with Crippen LogP contribution in [0.25, 0.3) is 0 Å². The van der Waals surface area contributed by atoms with Crippen molar-refractivity contribution in [2.24, 2.45) is 5.29 Å². The molecule has 0 radical (unpaired) electrons. The molecular formula is C9H12N2O. The molecule has 64 valence electrons. The Balaban J connectivity index is 2.89. The van der Waals surface area contributed by atoms with Crippen molar-refractivity contribution in [3.63, 3.8) is 0 Å². The van der Waals surface area contributed by atoms with Crippen LogP contribution in [0.5, 0.6) is 0 Å². The second-order valence-electron chi connectivity index (χ2n) is 3.19. The van der Waals surface area contributed by atoms with Crippen LogP contribution in [0.15, 0.2) is 35.6 Å². The van der Waals surface area contributed by atoms with E-state index in [0.717, 1.165) is 5.56 Å². The van der Waals surface area contributed by atoms with Crippen molar-refractivity contribution in [3.05, 3.63) is 40.8 Å². The minimum absolute atomic E-state index is 0.386. The highest BCUT2D eigenvalue weighted by Gasteiger charge is 2.18. The molecule has 0 aliphatic heterocycles. The van der Waals surface area contributed by atoms with Gasteiger partial charge in [-0.15, -0.1) is 4.91 Å². The van der Waals surface area contributed by atoms with Crippen LogP contribution in [0.4, 0.5) is 0 Å². The maximum Gasteiger partial charge on any atom is 0.0772 e. The zero-order chi connectivity index (χ0) is 9.03. The van der Waals surface area contributed by atoms with Crippen LogP contribution in [-0.2, 0) is 5.54 Å². The van der Waals surface area contributed by atoms with E-state index in [0.29, 0.717) is 0 Å². The largest absolute Gasteiger partial charge is 0.264 e. The number of rotatable bonds is 3. The maximum atomic E-state index is 10.0. The summed E-state index contributed by atoms with van der Waals surface area (Å²) in [4.78, 5) is 10.0. The number of nitrogens with zero attached hydrogens (tertiary/aromatic N) is 1. The Kier molecular flexibility index (Phi) is 2.43. The van der Waals surface area contributed by atoms with Gasteiger partial charge in [-0.05, 0) is 19.4 Å². The molecule has 0 spiro atoms. The van der Waals surface area contributed by atoms with Crippen LogP contribution >= 0.6 is 0 Å². The molecule has 1 aromatic rings. The predicted octanol–water partition coefficient (Wildman–Crippen LogP) is 2.19. The Hall–Kier alpha value is -1.38. The first kappa shape index (κ1) is 8.71. The Morgan fingerprint density at radius 3 is 2.33 bits per heavy atom. The molecule has 0 saturated heterocycles. The van der Waals surface area contributed by atoms with Crippen LogP contribution in [0, 0.1) is 4.91 Å². The minimum atomic E-state index is -0.386. The lowest BCUT2D eigenvalue weighted by Crippen LogP contribution is -2.31. The van der Waals surface area contributed by atoms with Crippen molar-refractivity contribution in [3.8, 4) is 0 Å². The van der Waals surface area contributed by atoms with Crippen LogP contribution in [0.2, 0.25) is 0 Å². The van der Waals surface area contributed by atoms with Gasteiger partial charge in [0.25, 0.3) is 0 Å². The lowest BCUT2D eigenvalue weighted by Gasteiger charge is -2.22. The second kappa shape index (κ2) is 3.34. The summed E-state index contributed by atoms with van der Waals surface area (Å²) >= 11 is 0. The number of hydrogen-bond acceptors (Lipinski definition) is 2. The van der Waals surface area contributed by atoms with E-state index in [1.807, 2.05) is 44.2 Å². The molecule has 0 fully saturated rings. The molecule has 1 N–H and O–H groups in total. The van der Waals surface area contributed by atoms with Crippen molar-refractivity contribution in [1.82, 2.24) is 5.43 Å². The Labute approximate surface area is 71.7 Å². The molecule has 0 heterocycles. The molecular weight excluding hydrogens is 152 g/mol. The third-order valence-corrected chi connectivity index (χ3v) is 1.82. The topological polar surface area (TPSA) is 41.5 Å². The van der Waals surface area contributed by atoms with Gasteiger partial charge in [-0.3, -0.25) is 5.43 Å². The van der Waals surface area contributed by atoms with E-state index in [1.54, 1.807) is 0 Å². The summed E-state index contributed by atoms with van der Waals surface area (Å²) < 4.78 is 0. The van der Waals surface area contributed by atoms with Gasteiger partial charge in [0, 0.05) is 0 Å². The summed E-state index contributed by atoms with van der Waals surface area (Å²) in [6.07, 6.45) is 0. The third kappa shape index (κ3) is 1.81. The van der Waals surface area contributed by atoms with Crippen LogP contribution < -0.4 is 5.43 Å². The van der Waals surface area contributed by atoms with E-state index in [2.05, 4.69) is 10.7 Å². The Bertz CT molecular complexity index is 256. The van der Waals surface area contributed by atoms with Gasteiger partial charge in [0.2, 0.25) is 0 Å². The maximum absolute atomic E-state index is 10.0. The quantitative estimate of drug-likeness (QED) is 0.549. The van der Waals surface area contributed by atoms with Crippen LogP contribution in [0.1, 0.15) is 19.4 Å².